The molecule has 3 aromatic rings. The molecule has 8 heteroatoms. The predicted octanol–water partition coefficient (Wildman–Crippen LogP) is 6.18. The number of carbonyl (C=O) groups excluding carboxylic acids is 2. The largest absolute Gasteiger partial charge is 0.503 e. The van der Waals surface area contributed by atoms with E-state index in [4.69, 9.17) is 13.9 Å². The number of aliphatic hydroxyl groups is 1. The molecule has 0 spiro atoms. The third-order valence-corrected chi connectivity index (χ3v) is 7.42. The maximum absolute atomic E-state index is 13.8. The molecule has 1 N–H and O–H groups in total. The van der Waals surface area contributed by atoms with Crippen molar-refractivity contribution >= 4 is 22.7 Å². The van der Waals surface area contributed by atoms with Gasteiger partial charge in [-0.05, 0) is 68.2 Å². The van der Waals surface area contributed by atoms with Crippen LogP contribution >= 0.6 is 0 Å². The fraction of sp³-hybridized carbons (Fsp3) is 0.438. The summed E-state index contributed by atoms with van der Waals surface area (Å²) in [6.45, 7) is 12.0. The van der Waals surface area contributed by atoms with Gasteiger partial charge in [0.25, 0.3) is 5.91 Å². The van der Waals surface area contributed by atoms with Gasteiger partial charge in [0, 0.05) is 11.9 Å². The number of ketones is 1. The van der Waals surface area contributed by atoms with Crippen LogP contribution in [0.15, 0.2) is 64.3 Å². The minimum absolute atomic E-state index is 0.00224. The third kappa shape index (κ3) is 6.17. The SMILES string of the molecule is CCN(CC)CCCN1C(=O)C(O)=C(C(=O)c2cc3ccccc3o2)C1c1ccc(OCCC(C)C)c(OC)c1. The number of rotatable bonds is 14. The van der Waals surface area contributed by atoms with E-state index in [0.717, 1.165) is 31.4 Å². The van der Waals surface area contributed by atoms with Crippen molar-refractivity contribution in [3.63, 3.8) is 0 Å². The maximum Gasteiger partial charge on any atom is 0.290 e. The summed E-state index contributed by atoms with van der Waals surface area (Å²) in [6, 6.07) is 13.6. The summed E-state index contributed by atoms with van der Waals surface area (Å²) in [6.07, 6.45) is 1.59. The highest BCUT2D eigenvalue weighted by atomic mass is 16.5. The van der Waals surface area contributed by atoms with Crippen molar-refractivity contribution in [2.24, 2.45) is 5.92 Å². The second-order valence-corrected chi connectivity index (χ2v) is 10.5. The highest BCUT2D eigenvalue weighted by Gasteiger charge is 2.44. The molecule has 1 atom stereocenters. The number of amides is 1. The van der Waals surface area contributed by atoms with Crippen molar-refractivity contribution < 1.29 is 28.6 Å². The van der Waals surface area contributed by atoms with Crippen LogP contribution < -0.4 is 9.47 Å². The van der Waals surface area contributed by atoms with Gasteiger partial charge in [0.1, 0.15) is 5.58 Å². The number of methoxy groups -OCH3 is 1. The van der Waals surface area contributed by atoms with E-state index in [-0.39, 0.29) is 11.3 Å². The lowest BCUT2D eigenvalue weighted by Crippen LogP contribution is -2.34. The Kier molecular flexibility index (Phi) is 9.53. The molecule has 2 heterocycles. The van der Waals surface area contributed by atoms with Gasteiger partial charge in [-0.1, -0.05) is 52.0 Å². The van der Waals surface area contributed by atoms with Crippen LogP contribution in [0.25, 0.3) is 11.0 Å². The zero-order valence-corrected chi connectivity index (χ0v) is 24.1. The fourth-order valence-electron chi connectivity index (χ4n) is 5.07. The van der Waals surface area contributed by atoms with Gasteiger partial charge in [-0.3, -0.25) is 9.59 Å². The molecule has 0 bridgehead atoms. The van der Waals surface area contributed by atoms with E-state index >= 15 is 0 Å². The second kappa shape index (κ2) is 13.0. The summed E-state index contributed by atoms with van der Waals surface area (Å²) in [4.78, 5) is 31.1. The van der Waals surface area contributed by atoms with E-state index in [1.165, 1.54) is 0 Å². The lowest BCUT2D eigenvalue weighted by Gasteiger charge is -2.28. The Morgan fingerprint density at radius 2 is 1.85 bits per heavy atom. The van der Waals surface area contributed by atoms with Gasteiger partial charge in [-0.25, -0.2) is 0 Å². The lowest BCUT2D eigenvalue weighted by atomic mass is 9.94. The lowest BCUT2D eigenvalue weighted by molar-refractivity contribution is -0.129. The van der Waals surface area contributed by atoms with Gasteiger partial charge in [-0.2, -0.15) is 0 Å². The third-order valence-electron chi connectivity index (χ3n) is 7.42. The molecule has 1 aliphatic heterocycles. The second-order valence-electron chi connectivity index (χ2n) is 10.5. The molecular weight excluding hydrogens is 508 g/mol. The highest BCUT2D eigenvalue weighted by Crippen LogP contribution is 2.42. The van der Waals surface area contributed by atoms with Crippen LogP contribution in [0.1, 0.15) is 62.7 Å². The number of benzene rings is 2. The molecule has 1 aromatic heterocycles. The molecule has 1 unspecified atom stereocenters. The molecule has 0 radical (unpaired) electrons. The summed E-state index contributed by atoms with van der Waals surface area (Å²) in [5, 5.41) is 11.8. The van der Waals surface area contributed by atoms with Crippen LogP contribution in [0.2, 0.25) is 0 Å². The molecule has 8 nitrogen and oxygen atoms in total. The van der Waals surface area contributed by atoms with E-state index in [1.807, 2.05) is 24.3 Å². The Labute approximate surface area is 236 Å². The molecule has 2 aromatic carbocycles. The van der Waals surface area contributed by atoms with Crippen molar-refractivity contribution in [2.45, 2.75) is 46.6 Å². The Morgan fingerprint density at radius 1 is 1.10 bits per heavy atom. The summed E-state index contributed by atoms with van der Waals surface area (Å²) in [5.41, 5.74) is 1.21. The first-order valence-corrected chi connectivity index (χ1v) is 14.1. The number of nitrogens with zero attached hydrogens (tertiary/aromatic N) is 2. The van der Waals surface area contributed by atoms with Crippen molar-refractivity contribution in [2.75, 3.05) is 39.9 Å². The van der Waals surface area contributed by atoms with Crippen LogP contribution in [0.5, 0.6) is 11.5 Å². The molecule has 1 amide bonds. The summed E-state index contributed by atoms with van der Waals surface area (Å²) >= 11 is 0. The minimum atomic E-state index is -0.802. The molecule has 1 aliphatic rings. The molecule has 4 rings (SSSR count). The molecule has 0 aliphatic carbocycles. The van der Waals surface area contributed by atoms with E-state index in [2.05, 4.69) is 32.6 Å². The van der Waals surface area contributed by atoms with Gasteiger partial charge >= 0.3 is 0 Å². The summed E-state index contributed by atoms with van der Waals surface area (Å²) < 4.78 is 17.4. The van der Waals surface area contributed by atoms with Crippen LogP contribution in [-0.2, 0) is 4.79 Å². The Morgan fingerprint density at radius 3 is 2.52 bits per heavy atom. The zero-order chi connectivity index (χ0) is 28.8. The Hall–Kier alpha value is -3.78. The van der Waals surface area contributed by atoms with Crippen molar-refractivity contribution in [1.29, 1.82) is 0 Å². The number of para-hydroxylation sites is 1. The van der Waals surface area contributed by atoms with Crippen LogP contribution in [0, 0.1) is 5.92 Å². The van der Waals surface area contributed by atoms with Crippen LogP contribution in [-0.4, -0.2) is 66.5 Å². The Balaban J connectivity index is 1.70. The van der Waals surface area contributed by atoms with Gasteiger partial charge in [0.15, 0.2) is 23.0 Å². The first-order valence-electron chi connectivity index (χ1n) is 14.1. The van der Waals surface area contributed by atoms with E-state index in [0.29, 0.717) is 48.1 Å². The molecule has 0 saturated carbocycles. The van der Waals surface area contributed by atoms with E-state index < -0.39 is 23.5 Å². The number of furan rings is 1. The smallest absolute Gasteiger partial charge is 0.290 e. The van der Waals surface area contributed by atoms with Gasteiger partial charge in [0.2, 0.25) is 5.78 Å². The van der Waals surface area contributed by atoms with Gasteiger partial charge < -0.3 is 28.8 Å². The van der Waals surface area contributed by atoms with Crippen LogP contribution in [0.3, 0.4) is 0 Å². The first kappa shape index (κ1) is 29.2. The standard InChI is InChI=1S/C32H40N2O6/c1-6-33(7-2)16-10-17-34-29(23-13-14-25(26(20-23)38-5)39-18-15-21(3)4)28(31(36)32(34)37)30(35)27-19-22-11-8-9-12-24(22)40-27/h8-9,11-14,19-21,29,36H,6-7,10,15-18H2,1-5H3. The molecular formula is C32H40N2O6. The summed E-state index contributed by atoms with van der Waals surface area (Å²) in [5.74, 6) is 0.0245. The predicted molar refractivity (Wildman–Crippen MR) is 155 cm³/mol. The summed E-state index contributed by atoms with van der Waals surface area (Å²) in [7, 11) is 1.56. The highest BCUT2D eigenvalue weighted by molar-refractivity contribution is 6.16. The maximum atomic E-state index is 13.8. The number of ether oxygens (including phenoxy) is 2. The molecule has 40 heavy (non-hydrogen) atoms. The van der Waals surface area contributed by atoms with Crippen LogP contribution in [0.4, 0.5) is 0 Å². The minimum Gasteiger partial charge on any atom is -0.503 e. The van der Waals surface area contributed by atoms with Gasteiger partial charge in [-0.15, -0.1) is 0 Å². The Bertz CT molecular complexity index is 1340. The quantitative estimate of drug-likeness (QED) is 0.241. The number of aliphatic hydroxyl groups excluding tert-OH is 1. The molecule has 0 saturated heterocycles. The average molecular weight is 549 g/mol. The van der Waals surface area contributed by atoms with Crippen molar-refractivity contribution in [1.82, 2.24) is 9.80 Å². The molecule has 0 fully saturated rings. The van der Waals surface area contributed by atoms with Gasteiger partial charge in [0.05, 0.1) is 25.3 Å². The fourth-order valence-corrected chi connectivity index (χ4v) is 5.07. The number of hydrogen-bond donors (Lipinski definition) is 1. The topological polar surface area (TPSA) is 92.5 Å². The normalized spacial score (nSPS) is 15.6. The number of carbonyl (C=O) groups is 2. The number of Topliss-reactive ketones (excluding diaryl/α,β-unsaturated/α-hetero) is 1. The number of fused-ring (bicyclic) bond motifs is 1. The van der Waals surface area contributed by atoms with Crippen molar-refractivity contribution in [3.8, 4) is 11.5 Å². The average Bonchev–Trinajstić information content (AvgIpc) is 3.50. The van der Waals surface area contributed by atoms with E-state index in [1.54, 1.807) is 36.3 Å². The monoisotopic (exact) mass is 548 g/mol. The molecule has 214 valence electrons. The van der Waals surface area contributed by atoms with E-state index in [9.17, 15) is 14.7 Å². The van der Waals surface area contributed by atoms with Crippen molar-refractivity contribution in [3.05, 3.63) is 71.2 Å². The first-order chi connectivity index (χ1) is 19.3. The number of hydrogen-bond acceptors (Lipinski definition) is 7. The zero-order valence-electron chi connectivity index (χ0n) is 24.1.